The first-order valence-corrected chi connectivity index (χ1v) is 8.06. The fourth-order valence-corrected chi connectivity index (χ4v) is 3.54. The molecule has 3 heteroatoms. The van der Waals surface area contributed by atoms with Crippen molar-refractivity contribution in [3.8, 4) is 0 Å². The molecule has 19 heavy (non-hydrogen) atoms. The lowest BCUT2D eigenvalue weighted by molar-refractivity contribution is -0.155. The van der Waals surface area contributed by atoms with E-state index in [0.29, 0.717) is 24.4 Å². The summed E-state index contributed by atoms with van der Waals surface area (Å²) < 4.78 is 12.4. The highest BCUT2D eigenvalue weighted by Gasteiger charge is 2.38. The van der Waals surface area contributed by atoms with Gasteiger partial charge in [-0.2, -0.15) is 0 Å². The van der Waals surface area contributed by atoms with Gasteiger partial charge in [-0.05, 0) is 39.5 Å². The second kappa shape index (κ2) is 6.55. The first-order valence-electron chi connectivity index (χ1n) is 8.06. The van der Waals surface area contributed by atoms with Crippen LogP contribution in [0.3, 0.4) is 0 Å². The van der Waals surface area contributed by atoms with Gasteiger partial charge in [0.15, 0.2) is 0 Å². The Morgan fingerprint density at radius 2 is 1.74 bits per heavy atom. The average Bonchev–Trinajstić information content (AvgIpc) is 2.74. The van der Waals surface area contributed by atoms with Gasteiger partial charge in [-0.15, -0.1) is 0 Å². The van der Waals surface area contributed by atoms with Gasteiger partial charge in [0.1, 0.15) is 0 Å². The number of hydrogen-bond donors (Lipinski definition) is 1. The molecule has 112 valence electrons. The maximum atomic E-state index is 6.59. The van der Waals surface area contributed by atoms with Crippen LogP contribution in [0.15, 0.2) is 0 Å². The predicted octanol–water partition coefficient (Wildman–Crippen LogP) is 3.27. The van der Waals surface area contributed by atoms with Gasteiger partial charge in [-0.25, -0.2) is 0 Å². The van der Waals surface area contributed by atoms with Gasteiger partial charge in [0.05, 0.1) is 23.9 Å². The first-order chi connectivity index (χ1) is 8.99. The molecule has 0 aromatic rings. The monoisotopic (exact) mass is 269 g/mol. The molecule has 2 fully saturated rings. The fraction of sp³-hybridized carbons (Fsp3) is 1.00. The maximum absolute atomic E-state index is 6.59. The highest BCUT2D eigenvalue weighted by molar-refractivity contribution is 4.91. The third-order valence-corrected chi connectivity index (χ3v) is 4.42. The molecule has 3 nitrogen and oxygen atoms in total. The van der Waals surface area contributed by atoms with Crippen molar-refractivity contribution in [2.45, 2.75) is 96.2 Å². The van der Waals surface area contributed by atoms with Gasteiger partial charge in [0.25, 0.3) is 0 Å². The van der Waals surface area contributed by atoms with E-state index < -0.39 is 0 Å². The molecular formula is C16H31NO2. The summed E-state index contributed by atoms with van der Waals surface area (Å²) in [6.45, 7) is 9.76. The van der Waals surface area contributed by atoms with Crippen LogP contribution in [0.2, 0.25) is 0 Å². The van der Waals surface area contributed by atoms with Crippen LogP contribution >= 0.6 is 0 Å². The molecule has 2 rings (SSSR count). The van der Waals surface area contributed by atoms with Crippen LogP contribution in [0, 0.1) is 0 Å². The van der Waals surface area contributed by atoms with E-state index in [1.807, 2.05) is 0 Å². The van der Waals surface area contributed by atoms with E-state index in [4.69, 9.17) is 9.47 Å². The summed E-state index contributed by atoms with van der Waals surface area (Å²) in [6, 6.07) is 0.536. The minimum atomic E-state index is 0.0890. The summed E-state index contributed by atoms with van der Waals surface area (Å²) in [6.07, 6.45) is 8.21. The Bertz CT molecular complexity index is 264. The molecule has 0 spiro atoms. The summed E-state index contributed by atoms with van der Waals surface area (Å²) >= 11 is 0. The maximum Gasteiger partial charge on any atom is 0.0810 e. The van der Waals surface area contributed by atoms with Crippen LogP contribution in [0.5, 0.6) is 0 Å². The molecule has 0 aromatic heterocycles. The smallest absolute Gasteiger partial charge is 0.0810 e. The Kier molecular flexibility index (Phi) is 5.27. The van der Waals surface area contributed by atoms with Gasteiger partial charge >= 0.3 is 0 Å². The molecule has 1 saturated carbocycles. The summed E-state index contributed by atoms with van der Waals surface area (Å²) in [5, 5.41) is 3.58. The average molecular weight is 269 g/mol. The Labute approximate surface area is 118 Å². The lowest BCUT2D eigenvalue weighted by atomic mass is 9.97. The van der Waals surface area contributed by atoms with Crippen LogP contribution in [0.4, 0.5) is 0 Å². The molecule has 2 atom stereocenters. The van der Waals surface area contributed by atoms with Crippen molar-refractivity contribution in [3.05, 3.63) is 0 Å². The van der Waals surface area contributed by atoms with Crippen LogP contribution in [-0.2, 0) is 9.47 Å². The van der Waals surface area contributed by atoms with Crippen molar-refractivity contribution in [1.29, 1.82) is 0 Å². The Morgan fingerprint density at radius 1 is 1.16 bits per heavy atom. The quantitative estimate of drug-likeness (QED) is 0.831. The molecule has 0 aromatic carbocycles. The van der Waals surface area contributed by atoms with Crippen LogP contribution in [0.1, 0.15) is 66.2 Å². The van der Waals surface area contributed by atoms with Gasteiger partial charge < -0.3 is 14.8 Å². The minimum absolute atomic E-state index is 0.0890. The number of ether oxygens (including phenoxy) is 2. The van der Waals surface area contributed by atoms with Gasteiger partial charge in [-0.1, -0.05) is 26.7 Å². The summed E-state index contributed by atoms with van der Waals surface area (Å²) in [7, 11) is 0. The molecular weight excluding hydrogens is 238 g/mol. The largest absolute Gasteiger partial charge is 0.375 e. The standard InChI is InChI=1S/C16H31NO2/c1-12(2)17-11-16(7-5-6-8-16)19-15-9-13(3)18-14(4)10-15/h12-15,17H,5-11H2,1-4H3. The van der Waals surface area contributed by atoms with Crippen LogP contribution in [-0.4, -0.2) is 36.5 Å². The summed E-state index contributed by atoms with van der Waals surface area (Å²) in [4.78, 5) is 0. The molecule has 2 aliphatic rings. The third kappa shape index (κ3) is 4.44. The molecule has 1 aliphatic heterocycles. The van der Waals surface area contributed by atoms with E-state index in [-0.39, 0.29) is 5.60 Å². The van der Waals surface area contributed by atoms with Gasteiger partial charge in [0, 0.05) is 12.6 Å². The van der Waals surface area contributed by atoms with Crippen molar-refractivity contribution in [3.63, 3.8) is 0 Å². The molecule has 1 heterocycles. The first kappa shape index (κ1) is 15.3. The molecule has 1 aliphatic carbocycles. The van der Waals surface area contributed by atoms with E-state index in [0.717, 1.165) is 19.4 Å². The fourth-order valence-electron chi connectivity index (χ4n) is 3.54. The zero-order valence-electron chi connectivity index (χ0n) is 13.1. The van der Waals surface area contributed by atoms with E-state index in [1.165, 1.54) is 25.7 Å². The van der Waals surface area contributed by atoms with Crippen molar-refractivity contribution in [2.24, 2.45) is 0 Å². The molecule has 1 saturated heterocycles. The topological polar surface area (TPSA) is 30.5 Å². The van der Waals surface area contributed by atoms with E-state index >= 15 is 0 Å². The summed E-state index contributed by atoms with van der Waals surface area (Å²) in [5.41, 5.74) is 0.0890. The van der Waals surface area contributed by atoms with Crippen LogP contribution < -0.4 is 5.32 Å². The van der Waals surface area contributed by atoms with E-state index in [9.17, 15) is 0 Å². The molecule has 0 amide bonds. The molecule has 1 N–H and O–H groups in total. The zero-order valence-corrected chi connectivity index (χ0v) is 13.1. The molecule has 2 unspecified atom stereocenters. The predicted molar refractivity (Wildman–Crippen MR) is 78.5 cm³/mol. The third-order valence-electron chi connectivity index (χ3n) is 4.42. The lowest BCUT2D eigenvalue weighted by Gasteiger charge is -2.39. The number of nitrogens with one attached hydrogen (secondary N) is 1. The van der Waals surface area contributed by atoms with Crippen molar-refractivity contribution in [1.82, 2.24) is 5.32 Å². The minimum Gasteiger partial charge on any atom is -0.375 e. The number of rotatable bonds is 5. The van der Waals surface area contributed by atoms with Gasteiger partial charge in [-0.3, -0.25) is 0 Å². The van der Waals surface area contributed by atoms with Gasteiger partial charge in [0.2, 0.25) is 0 Å². The molecule has 0 bridgehead atoms. The summed E-state index contributed by atoms with van der Waals surface area (Å²) in [5.74, 6) is 0. The second-order valence-electron chi connectivity index (χ2n) is 6.89. The van der Waals surface area contributed by atoms with E-state index in [1.54, 1.807) is 0 Å². The highest BCUT2D eigenvalue weighted by atomic mass is 16.5. The number of hydrogen-bond acceptors (Lipinski definition) is 3. The zero-order chi connectivity index (χ0) is 13.9. The van der Waals surface area contributed by atoms with Crippen molar-refractivity contribution in [2.75, 3.05) is 6.54 Å². The Morgan fingerprint density at radius 3 is 2.26 bits per heavy atom. The van der Waals surface area contributed by atoms with E-state index in [2.05, 4.69) is 33.0 Å². The van der Waals surface area contributed by atoms with Crippen LogP contribution in [0.25, 0.3) is 0 Å². The normalized spacial score (nSPS) is 34.9. The Hall–Kier alpha value is -0.120. The Balaban J connectivity index is 1.92. The van der Waals surface area contributed by atoms with Crippen molar-refractivity contribution < 1.29 is 9.47 Å². The lowest BCUT2D eigenvalue weighted by Crippen LogP contribution is -2.47. The highest BCUT2D eigenvalue weighted by Crippen LogP contribution is 2.36. The second-order valence-corrected chi connectivity index (χ2v) is 6.89. The SMILES string of the molecule is CC(C)NCC1(OC2CC(C)OC(C)C2)CCCC1. The van der Waals surface area contributed by atoms with Crippen molar-refractivity contribution >= 4 is 0 Å². The molecule has 0 radical (unpaired) electrons.